The van der Waals surface area contributed by atoms with E-state index in [1.54, 1.807) is 30.3 Å². The zero-order chi connectivity index (χ0) is 21.9. The number of methoxy groups -OCH3 is 1. The van der Waals surface area contributed by atoms with E-state index < -0.39 is 19.9 Å². The topological polar surface area (TPSA) is 115 Å². The van der Waals surface area contributed by atoms with Crippen LogP contribution < -0.4 is 9.46 Å². The summed E-state index contributed by atoms with van der Waals surface area (Å²) < 4.78 is 56.7. The van der Waals surface area contributed by atoms with Crippen molar-refractivity contribution < 1.29 is 21.6 Å². The van der Waals surface area contributed by atoms with Crippen LogP contribution >= 0.6 is 11.6 Å². The molecule has 2 aromatic carbocycles. The molecule has 0 radical (unpaired) electrons. The van der Waals surface area contributed by atoms with Gasteiger partial charge in [-0.3, -0.25) is 4.72 Å². The van der Waals surface area contributed by atoms with Gasteiger partial charge in [0.2, 0.25) is 0 Å². The number of hydrogen-bond acceptors (Lipinski definition) is 7. The molecule has 3 rings (SSSR count). The summed E-state index contributed by atoms with van der Waals surface area (Å²) in [5.41, 5.74) is 1.42. The van der Waals surface area contributed by atoms with Gasteiger partial charge in [-0.1, -0.05) is 30.7 Å². The predicted octanol–water partition coefficient (Wildman–Crippen LogP) is 3.40. The highest BCUT2D eigenvalue weighted by Crippen LogP contribution is 2.29. The van der Waals surface area contributed by atoms with Gasteiger partial charge in [0.1, 0.15) is 10.6 Å². The highest BCUT2D eigenvalue weighted by atomic mass is 35.5. The predicted molar refractivity (Wildman–Crippen MR) is 114 cm³/mol. The Morgan fingerprint density at radius 2 is 1.67 bits per heavy atom. The normalized spacial score (nSPS) is 11.8. The third kappa shape index (κ3) is 4.72. The zero-order valence-corrected chi connectivity index (χ0v) is 18.4. The minimum atomic E-state index is -3.94. The molecule has 0 aliphatic heterocycles. The van der Waals surface area contributed by atoms with Crippen LogP contribution in [0.5, 0.6) is 5.75 Å². The van der Waals surface area contributed by atoms with Crippen molar-refractivity contribution in [1.82, 2.24) is 10.2 Å². The SMILES string of the molecule is CCS(=O)(=O)c1ccc(-c2ccc(NS(=O)(=O)c3cc(Cl)ccc3OC)cc2)nn1. The maximum absolute atomic E-state index is 12.7. The summed E-state index contributed by atoms with van der Waals surface area (Å²) >= 11 is 5.92. The molecule has 0 atom stereocenters. The number of rotatable bonds is 7. The molecule has 158 valence electrons. The Morgan fingerprint density at radius 1 is 0.967 bits per heavy atom. The molecular weight excluding hydrogens is 450 g/mol. The molecular formula is C19H18ClN3O5S2. The second kappa shape index (κ2) is 8.58. The van der Waals surface area contributed by atoms with E-state index >= 15 is 0 Å². The lowest BCUT2D eigenvalue weighted by Crippen LogP contribution is -2.14. The molecule has 0 spiro atoms. The molecule has 30 heavy (non-hydrogen) atoms. The first-order valence-electron chi connectivity index (χ1n) is 8.69. The lowest BCUT2D eigenvalue weighted by atomic mass is 10.1. The summed E-state index contributed by atoms with van der Waals surface area (Å²) in [7, 11) is -5.99. The summed E-state index contributed by atoms with van der Waals surface area (Å²) in [6.45, 7) is 1.53. The largest absolute Gasteiger partial charge is 0.495 e. The molecule has 0 saturated carbocycles. The van der Waals surface area contributed by atoms with E-state index in [2.05, 4.69) is 14.9 Å². The fourth-order valence-corrected chi connectivity index (χ4v) is 4.80. The Morgan fingerprint density at radius 3 is 2.23 bits per heavy atom. The summed E-state index contributed by atoms with van der Waals surface area (Å²) in [6, 6.07) is 13.7. The van der Waals surface area contributed by atoms with Crippen LogP contribution in [-0.4, -0.2) is 39.9 Å². The lowest BCUT2D eigenvalue weighted by molar-refractivity contribution is 0.403. The van der Waals surface area contributed by atoms with Crippen LogP contribution in [0.15, 0.2) is 64.5 Å². The van der Waals surface area contributed by atoms with Crippen LogP contribution in [0.4, 0.5) is 5.69 Å². The number of sulfonamides is 1. The molecule has 3 aromatic rings. The fraction of sp³-hybridized carbons (Fsp3) is 0.158. The Hall–Kier alpha value is -2.69. The third-order valence-electron chi connectivity index (χ3n) is 4.19. The molecule has 1 aromatic heterocycles. The highest BCUT2D eigenvalue weighted by Gasteiger charge is 2.20. The van der Waals surface area contributed by atoms with Crippen LogP contribution in [0.25, 0.3) is 11.3 Å². The van der Waals surface area contributed by atoms with Gasteiger partial charge in [-0.05, 0) is 42.5 Å². The average Bonchev–Trinajstić information content (AvgIpc) is 2.74. The standard InChI is InChI=1S/C19H18ClN3O5S2/c1-3-29(24,25)19-11-9-16(21-22-19)13-4-7-15(8-5-13)23-30(26,27)18-12-14(20)6-10-17(18)28-2/h4-12,23H,3H2,1-2H3. The van der Waals surface area contributed by atoms with Gasteiger partial charge in [0.15, 0.2) is 14.9 Å². The van der Waals surface area contributed by atoms with E-state index in [1.807, 2.05) is 0 Å². The third-order valence-corrected chi connectivity index (χ3v) is 7.44. The van der Waals surface area contributed by atoms with E-state index in [0.29, 0.717) is 16.9 Å². The first-order chi connectivity index (χ1) is 14.2. The monoisotopic (exact) mass is 467 g/mol. The molecule has 0 amide bonds. The molecule has 1 N–H and O–H groups in total. The Labute approximate surface area is 179 Å². The number of ether oxygens (including phenoxy) is 1. The number of aromatic nitrogens is 2. The van der Waals surface area contributed by atoms with Crippen molar-refractivity contribution in [2.45, 2.75) is 16.8 Å². The number of nitrogens with zero attached hydrogens (tertiary/aromatic N) is 2. The average molecular weight is 468 g/mol. The van der Waals surface area contributed by atoms with E-state index in [4.69, 9.17) is 16.3 Å². The summed E-state index contributed by atoms with van der Waals surface area (Å²) in [6.07, 6.45) is 0. The summed E-state index contributed by atoms with van der Waals surface area (Å²) in [4.78, 5) is -0.0832. The fourth-order valence-electron chi connectivity index (χ4n) is 2.57. The number of anilines is 1. The summed E-state index contributed by atoms with van der Waals surface area (Å²) in [5, 5.41) is 7.89. The Kier molecular flexibility index (Phi) is 6.30. The molecule has 0 saturated heterocycles. The van der Waals surface area contributed by atoms with E-state index in [9.17, 15) is 16.8 Å². The second-order valence-electron chi connectivity index (χ2n) is 6.14. The van der Waals surface area contributed by atoms with Gasteiger partial charge in [-0.15, -0.1) is 10.2 Å². The molecule has 0 fully saturated rings. The Bertz CT molecular complexity index is 1260. The highest BCUT2D eigenvalue weighted by molar-refractivity contribution is 7.92. The zero-order valence-electron chi connectivity index (χ0n) is 16.0. The second-order valence-corrected chi connectivity index (χ2v) is 10.5. The smallest absolute Gasteiger partial charge is 0.265 e. The lowest BCUT2D eigenvalue weighted by Gasteiger charge is -2.12. The molecule has 1 heterocycles. The van der Waals surface area contributed by atoms with Crippen LogP contribution in [0.3, 0.4) is 0 Å². The first-order valence-corrected chi connectivity index (χ1v) is 12.2. The van der Waals surface area contributed by atoms with Gasteiger partial charge in [-0.25, -0.2) is 16.8 Å². The van der Waals surface area contributed by atoms with Crippen LogP contribution in [0.2, 0.25) is 5.02 Å². The number of nitrogens with one attached hydrogen (secondary N) is 1. The number of halogens is 1. The van der Waals surface area contributed by atoms with E-state index in [-0.39, 0.29) is 26.4 Å². The summed E-state index contributed by atoms with van der Waals surface area (Å²) in [5.74, 6) is 0.105. The maximum Gasteiger partial charge on any atom is 0.265 e. The van der Waals surface area contributed by atoms with Crippen LogP contribution in [0, 0.1) is 0 Å². The maximum atomic E-state index is 12.7. The number of benzene rings is 2. The molecule has 11 heteroatoms. The van der Waals surface area contributed by atoms with Crippen molar-refractivity contribution in [3.8, 4) is 17.0 Å². The molecule has 0 aliphatic rings. The van der Waals surface area contributed by atoms with Crippen LogP contribution in [-0.2, 0) is 19.9 Å². The van der Waals surface area contributed by atoms with Crippen molar-refractivity contribution >= 4 is 37.1 Å². The quantitative estimate of drug-likeness (QED) is 0.566. The minimum absolute atomic E-state index is 0.0622. The van der Waals surface area contributed by atoms with E-state index in [1.165, 1.54) is 38.3 Å². The van der Waals surface area contributed by atoms with Crippen LogP contribution in [0.1, 0.15) is 6.92 Å². The van der Waals surface area contributed by atoms with Gasteiger partial charge in [-0.2, -0.15) is 0 Å². The van der Waals surface area contributed by atoms with E-state index in [0.717, 1.165) is 0 Å². The molecule has 0 unspecified atom stereocenters. The minimum Gasteiger partial charge on any atom is -0.495 e. The van der Waals surface area contributed by atoms with Crippen molar-refractivity contribution in [3.63, 3.8) is 0 Å². The molecule has 8 nitrogen and oxygen atoms in total. The van der Waals surface area contributed by atoms with Crippen molar-refractivity contribution in [3.05, 3.63) is 59.6 Å². The van der Waals surface area contributed by atoms with Crippen molar-refractivity contribution in [1.29, 1.82) is 0 Å². The molecule has 0 aliphatic carbocycles. The van der Waals surface area contributed by atoms with Gasteiger partial charge in [0, 0.05) is 16.3 Å². The van der Waals surface area contributed by atoms with Gasteiger partial charge >= 0.3 is 0 Å². The van der Waals surface area contributed by atoms with Gasteiger partial charge in [0.25, 0.3) is 10.0 Å². The Balaban J connectivity index is 1.83. The number of hydrogen-bond donors (Lipinski definition) is 1. The molecule has 0 bridgehead atoms. The number of sulfone groups is 1. The van der Waals surface area contributed by atoms with Crippen molar-refractivity contribution in [2.75, 3.05) is 17.6 Å². The van der Waals surface area contributed by atoms with Gasteiger partial charge in [0.05, 0.1) is 18.6 Å². The van der Waals surface area contributed by atoms with Gasteiger partial charge < -0.3 is 4.74 Å². The first kappa shape index (κ1) is 22.0. The van der Waals surface area contributed by atoms with Crippen molar-refractivity contribution in [2.24, 2.45) is 0 Å².